The predicted molar refractivity (Wildman–Crippen MR) is 210 cm³/mol. The number of rotatable bonds is 11. The van der Waals surface area contributed by atoms with Gasteiger partial charge < -0.3 is 29.2 Å². The Hall–Kier alpha value is -4.69. The highest BCUT2D eigenvalue weighted by atomic mass is 28.4. The molecule has 1 spiro atoms. The summed E-state index contributed by atoms with van der Waals surface area (Å²) in [5.41, 5.74) is 3.40. The van der Waals surface area contributed by atoms with Gasteiger partial charge >= 0.3 is 5.97 Å². The number of carbonyl (C=O) groups is 4. The molecular formula is C42H50N4O8Si. The second-order valence-electron chi connectivity index (χ2n) is 15.7. The highest BCUT2D eigenvalue weighted by Gasteiger charge is 2.66. The number of fused-ring (bicyclic) bond motifs is 3. The molecule has 290 valence electrons. The smallest absolute Gasteiger partial charge is 0.305 e. The van der Waals surface area contributed by atoms with Crippen LogP contribution in [-0.2, 0) is 47.2 Å². The summed E-state index contributed by atoms with van der Waals surface area (Å²) in [6, 6.07) is 22.6. The van der Waals surface area contributed by atoms with Gasteiger partial charge in [-0.25, -0.2) is 5.01 Å². The molecule has 4 aliphatic heterocycles. The average Bonchev–Trinajstić information content (AvgIpc) is 3.61. The van der Waals surface area contributed by atoms with Crippen LogP contribution < -0.4 is 9.91 Å². The number of methoxy groups -OCH3 is 1. The minimum Gasteiger partial charge on any atom is -0.469 e. The molecular weight excluding hydrogens is 717 g/mol. The van der Waals surface area contributed by atoms with Crippen LogP contribution in [0.15, 0.2) is 77.9 Å². The van der Waals surface area contributed by atoms with Crippen LogP contribution in [0.4, 0.5) is 11.4 Å². The topological polar surface area (TPSA) is 149 Å². The number of esters is 1. The van der Waals surface area contributed by atoms with E-state index in [1.54, 1.807) is 15.9 Å². The summed E-state index contributed by atoms with van der Waals surface area (Å²) >= 11 is 0. The fourth-order valence-corrected chi connectivity index (χ4v) is 11.7. The summed E-state index contributed by atoms with van der Waals surface area (Å²) < 4.78 is 11.8. The van der Waals surface area contributed by atoms with Crippen LogP contribution in [-0.4, -0.2) is 84.9 Å². The highest BCUT2D eigenvalue weighted by molar-refractivity contribution is 6.71. The Morgan fingerprint density at radius 2 is 1.73 bits per heavy atom. The van der Waals surface area contributed by atoms with Gasteiger partial charge in [-0.05, 0) is 67.2 Å². The van der Waals surface area contributed by atoms with Crippen LogP contribution in [0.3, 0.4) is 0 Å². The van der Waals surface area contributed by atoms with Crippen LogP contribution in [0, 0.1) is 5.92 Å². The number of benzene rings is 3. The molecule has 0 aromatic heterocycles. The summed E-state index contributed by atoms with van der Waals surface area (Å²) in [4.78, 5) is 69.9. The van der Waals surface area contributed by atoms with Gasteiger partial charge in [0.25, 0.3) is 5.91 Å². The molecule has 0 unspecified atom stereocenters. The van der Waals surface area contributed by atoms with Gasteiger partial charge in [0.15, 0.2) is 13.9 Å². The van der Waals surface area contributed by atoms with E-state index in [1.807, 2.05) is 86.7 Å². The fourth-order valence-electron chi connectivity index (χ4n) is 9.18. The molecule has 12 nitrogen and oxygen atoms in total. The van der Waals surface area contributed by atoms with E-state index >= 15 is 4.79 Å². The van der Waals surface area contributed by atoms with Crippen molar-refractivity contribution in [2.75, 3.05) is 30.2 Å². The monoisotopic (exact) mass is 766 g/mol. The number of carbonyl (C=O) groups excluding carboxylic acids is 4. The van der Waals surface area contributed by atoms with E-state index in [0.717, 1.165) is 22.4 Å². The minimum atomic E-state index is -3.12. The van der Waals surface area contributed by atoms with Gasteiger partial charge in [-0.15, -0.1) is 0 Å². The van der Waals surface area contributed by atoms with Gasteiger partial charge in [-0.2, -0.15) is 5.10 Å². The summed E-state index contributed by atoms with van der Waals surface area (Å²) in [6.45, 7) is 6.00. The fraction of sp³-hybridized carbons (Fsp3) is 0.452. The van der Waals surface area contributed by atoms with Crippen LogP contribution in [0.1, 0.15) is 67.7 Å². The number of hydrogen-bond donors (Lipinski definition) is 2. The van der Waals surface area contributed by atoms with Gasteiger partial charge in [0, 0.05) is 49.4 Å². The van der Waals surface area contributed by atoms with E-state index in [9.17, 15) is 24.3 Å². The minimum absolute atomic E-state index is 0.0802. The first-order valence-corrected chi connectivity index (χ1v) is 22.3. The highest BCUT2D eigenvalue weighted by Crippen LogP contribution is 2.60. The lowest BCUT2D eigenvalue weighted by Crippen LogP contribution is -2.48. The van der Waals surface area contributed by atoms with Crippen molar-refractivity contribution in [2.45, 2.75) is 94.8 Å². The van der Waals surface area contributed by atoms with Crippen LogP contribution in [0.5, 0.6) is 0 Å². The molecule has 2 N–H and O–H groups in total. The molecule has 55 heavy (non-hydrogen) atoms. The first-order chi connectivity index (χ1) is 26.4. The molecule has 4 heterocycles. The van der Waals surface area contributed by atoms with Crippen molar-refractivity contribution >= 4 is 49.1 Å². The van der Waals surface area contributed by atoms with Crippen molar-refractivity contribution in [3.63, 3.8) is 0 Å². The van der Waals surface area contributed by atoms with Gasteiger partial charge in [-0.1, -0.05) is 61.5 Å². The Labute approximate surface area is 322 Å². The van der Waals surface area contributed by atoms with E-state index in [4.69, 9.17) is 14.6 Å². The maximum absolute atomic E-state index is 15.0. The Kier molecular flexibility index (Phi) is 10.8. The molecule has 3 amide bonds. The quantitative estimate of drug-likeness (QED) is 0.157. The van der Waals surface area contributed by atoms with Gasteiger partial charge in [-0.3, -0.25) is 19.2 Å². The molecule has 13 heteroatoms. The number of hydrazone groups is 1. The maximum atomic E-state index is 15.0. The van der Waals surface area contributed by atoms with Crippen molar-refractivity contribution < 1.29 is 38.6 Å². The third kappa shape index (κ3) is 7.14. The number of nitrogens with zero attached hydrogens (tertiary/aromatic N) is 4. The Balaban J connectivity index is 1.26. The molecule has 1 fully saturated rings. The van der Waals surface area contributed by atoms with Gasteiger partial charge in [0.05, 0.1) is 49.4 Å². The van der Waals surface area contributed by atoms with Crippen molar-refractivity contribution in [3.8, 4) is 0 Å². The molecule has 0 aliphatic carbocycles. The molecule has 1 saturated heterocycles. The van der Waals surface area contributed by atoms with Crippen molar-refractivity contribution in [3.05, 3.63) is 95.1 Å². The SMILES string of the molecule is COC(=O)CCCCN1C(=O)[C@]2(O[C@H](CC(=O)N3Cc4ccccc4C[C@H]3CO)[C@@H]([Si](C)(C)O)[C@@H]2C)c2cc(N3N=C(c4ccccc4)CCC3=O)ccc21. The van der Waals surface area contributed by atoms with E-state index in [-0.39, 0.29) is 49.6 Å². The van der Waals surface area contributed by atoms with Crippen molar-refractivity contribution in [2.24, 2.45) is 11.0 Å². The van der Waals surface area contributed by atoms with E-state index in [0.29, 0.717) is 55.7 Å². The summed E-state index contributed by atoms with van der Waals surface area (Å²) in [5, 5.41) is 16.5. The average molecular weight is 767 g/mol. The second-order valence-corrected chi connectivity index (χ2v) is 19.7. The molecule has 0 bridgehead atoms. The molecule has 7 rings (SSSR count). The lowest BCUT2D eigenvalue weighted by atomic mass is 9.82. The summed E-state index contributed by atoms with van der Waals surface area (Å²) in [5.74, 6) is -1.57. The summed E-state index contributed by atoms with van der Waals surface area (Å²) in [6.07, 6.45) is 1.65. The molecule has 3 aromatic carbocycles. The second kappa shape index (κ2) is 15.4. The number of aliphatic hydroxyl groups is 1. The van der Waals surface area contributed by atoms with E-state index in [1.165, 1.54) is 12.1 Å². The normalized spacial score (nSPS) is 24.9. The van der Waals surface area contributed by atoms with Crippen molar-refractivity contribution in [1.29, 1.82) is 0 Å². The number of unbranched alkanes of at least 4 members (excludes halogenated alkanes) is 1. The molecule has 0 radical (unpaired) electrons. The zero-order valence-electron chi connectivity index (χ0n) is 31.9. The maximum Gasteiger partial charge on any atom is 0.305 e. The lowest BCUT2D eigenvalue weighted by Gasteiger charge is -2.37. The lowest BCUT2D eigenvalue weighted by molar-refractivity contribution is -0.151. The van der Waals surface area contributed by atoms with Crippen LogP contribution >= 0.6 is 0 Å². The van der Waals surface area contributed by atoms with E-state index < -0.39 is 37.5 Å². The van der Waals surface area contributed by atoms with Gasteiger partial charge in [0.1, 0.15) is 0 Å². The molecule has 0 saturated carbocycles. The Morgan fingerprint density at radius 1 is 1.00 bits per heavy atom. The largest absolute Gasteiger partial charge is 0.469 e. The summed E-state index contributed by atoms with van der Waals surface area (Å²) in [7, 11) is -1.77. The zero-order valence-corrected chi connectivity index (χ0v) is 32.9. The Bertz CT molecular complexity index is 2000. The predicted octanol–water partition coefficient (Wildman–Crippen LogP) is 5.04. The molecule has 5 atom stereocenters. The number of ether oxygens (including phenoxy) is 2. The van der Waals surface area contributed by atoms with Crippen molar-refractivity contribution in [1.82, 2.24) is 4.90 Å². The van der Waals surface area contributed by atoms with Crippen LogP contribution in [0.25, 0.3) is 0 Å². The standard InChI is InChI=1S/C42H50N4O8Si/c1-27-40(55(3,4)52)36(24-38(49)45-25-30-15-9-8-14-29(30)22-32(45)26-47)54-42(27)33-23-31(46-37(48)20-18-34(43-46)28-12-6-5-7-13-28)17-19-35(33)44(41(42)51)21-11-10-16-39(50)53-2/h5-9,12-15,17,19,23,27,32,36,40,47,52H,10-11,16,18,20-22,24-26H2,1-4H3/t27-,32-,36+,40-,42+/m0/s1. The third-order valence-corrected chi connectivity index (χ3v) is 14.4. The zero-order chi connectivity index (χ0) is 39.1. The first kappa shape index (κ1) is 38.6. The number of anilines is 2. The van der Waals surface area contributed by atoms with E-state index in [2.05, 4.69) is 0 Å². The van der Waals surface area contributed by atoms with Crippen LogP contribution in [0.2, 0.25) is 18.6 Å². The first-order valence-electron chi connectivity index (χ1n) is 19.2. The Morgan fingerprint density at radius 3 is 2.44 bits per heavy atom. The number of aliphatic hydroxyl groups excluding tert-OH is 1. The van der Waals surface area contributed by atoms with Gasteiger partial charge in [0.2, 0.25) is 11.8 Å². The number of amides is 3. The third-order valence-electron chi connectivity index (χ3n) is 11.9. The molecule has 3 aromatic rings. The number of hydrogen-bond acceptors (Lipinski definition) is 9. The molecule has 4 aliphatic rings.